The van der Waals surface area contributed by atoms with Crippen molar-refractivity contribution in [2.75, 3.05) is 23.7 Å². The third-order valence-electron chi connectivity index (χ3n) is 4.35. The van der Waals surface area contributed by atoms with Gasteiger partial charge in [0.25, 0.3) is 0 Å². The zero-order valence-corrected chi connectivity index (χ0v) is 13.7. The van der Waals surface area contributed by atoms with Gasteiger partial charge in [0.2, 0.25) is 0 Å². The van der Waals surface area contributed by atoms with E-state index in [1.54, 1.807) is 0 Å². The number of nitrogens with one attached hydrogen (secondary N) is 1. The first-order valence-electron chi connectivity index (χ1n) is 7.81. The second-order valence-corrected chi connectivity index (χ2v) is 7.42. The summed E-state index contributed by atoms with van der Waals surface area (Å²) < 4.78 is 2.09. The van der Waals surface area contributed by atoms with Crippen LogP contribution in [0.4, 0.5) is 5.82 Å². The first kappa shape index (κ1) is 14.3. The molecule has 1 aliphatic heterocycles. The Morgan fingerprint density at radius 2 is 2.20 bits per heavy atom. The van der Waals surface area contributed by atoms with Crippen LogP contribution >= 0.6 is 11.8 Å². The van der Waals surface area contributed by atoms with Crippen molar-refractivity contribution in [3.8, 4) is 0 Å². The van der Waals surface area contributed by atoms with E-state index in [0.717, 1.165) is 30.9 Å². The molecule has 1 atom stereocenters. The number of nitrogens with zero attached hydrogens (tertiary/aromatic N) is 3. The number of aromatic nitrogens is 2. The van der Waals surface area contributed by atoms with E-state index < -0.39 is 0 Å². The largest absolute Gasteiger partial charge is 0.355 e. The van der Waals surface area contributed by atoms with E-state index in [4.69, 9.17) is 0 Å². The van der Waals surface area contributed by atoms with Crippen LogP contribution < -0.4 is 10.2 Å². The van der Waals surface area contributed by atoms with Gasteiger partial charge in [0, 0.05) is 49.3 Å². The minimum Gasteiger partial charge on any atom is -0.355 e. The number of thioether (sulfide) groups is 1. The molecule has 2 aliphatic rings. The number of hydrogen-bond donors (Lipinski definition) is 1. The summed E-state index contributed by atoms with van der Waals surface area (Å²) in [6.07, 6.45) is 3.94. The zero-order valence-electron chi connectivity index (χ0n) is 12.9. The van der Waals surface area contributed by atoms with Gasteiger partial charge in [-0.2, -0.15) is 16.9 Å². The predicted octanol–water partition coefficient (Wildman–Crippen LogP) is 2.31. The van der Waals surface area contributed by atoms with E-state index in [-0.39, 0.29) is 0 Å². The second kappa shape index (κ2) is 5.98. The molecule has 1 saturated carbocycles. The summed E-state index contributed by atoms with van der Waals surface area (Å²) in [4.78, 5) is 2.55. The predicted molar refractivity (Wildman–Crippen MR) is 86.6 cm³/mol. The molecule has 20 heavy (non-hydrogen) atoms. The number of anilines is 1. The van der Waals surface area contributed by atoms with Gasteiger partial charge in [-0.25, -0.2) is 0 Å². The highest BCUT2D eigenvalue weighted by atomic mass is 32.2. The van der Waals surface area contributed by atoms with Crippen LogP contribution in [0, 0.1) is 6.92 Å². The smallest absolute Gasteiger partial charge is 0.131 e. The Kier molecular flexibility index (Phi) is 4.26. The first-order chi connectivity index (χ1) is 9.69. The average molecular weight is 294 g/mol. The maximum Gasteiger partial charge on any atom is 0.131 e. The fourth-order valence-corrected chi connectivity index (χ4v) is 4.17. The first-order valence-corrected chi connectivity index (χ1v) is 8.86. The van der Waals surface area contributed by atoms with E-state index in [1.165, 1.54) is 42.1 Å². The Bertz CT molecular complexity index is 467. The van der Waals surface area contributed by atoms with Crippen molar-refractivity contribution >= 4 is 17.6 Å². The standard InChI is InChI=1S/C15H26N4S/c1-4-13-10-19(7-8-20-13)15-14(9-16-12-5-6-12)11(2)17-18(15)3/h12-13,16H,4-10H2,1-3H3. The van der Waals surface area contributed by atoms with Gasteiger partial charge in [-0.1, -0.05) is 6.92 Å². The number of aryl methyl sites for hydroxylation is 2. The van der Waals surface area contributed by atoms with E-state index in [9.17, 15) is 0 Å². The third kappa shape index (κ3) is 2.98. The summed E-state index contributed by atoms with van der Waals surface area (Å²) in [6.45, 7) is 7.72. The van der Waals surface area contributed by atoms with Crippen molar-refractivity contribution in [3.05, 3.63) is 11.3 Å². The summed E-state index contributed by atoms with van der Waals surface area (Å²) in [5, 5.41) is 9.08. The van der Waals surface area contributed by atoms with Gasteiger partial charge in [-0.15, -0.1) is 0 Å². The Morgan fingerprint density at radius 1 is 1.40 bits per heavy atom. The van der Waals surface area contributed by atoms with Crippen LogP contribution in [0.15, 0.2) is 0 Å². The SMILES string of the molecule is CCC1CN(c2c(CNC3CC3)c(C)nn2C)CCS1. The lowest BCUT2D eigenvalue weighted by Gasteiger charge is -2.34. The molecule has 4 nitrogen and oxygen atoms in total. The monoisotopic (exact) mass is 294 g/mol. The van der Waals surface area contributed by atoms with Crippen molar-refractivity contribution in [2.24, 2.45) is 7.05 Å². The van der Waals surface area contributed by atoms with Gasteiger partial charge in [0.1, 0.15) is 5.82 Å². The molecule has 1 saturated heterocycles. The van der Waals surface area contributed by atoms with Crippen molar-refractivity contribution < 1.29 is 0 Å². The van der Waals surface area contributed by atoms with Gasteiger partial charge in [0.05, 0.1) is 5.69 Å². The summed E-state index contributed by atoms with van der Waals surface area (Å²) in [7, 11) is 2.09. The molecule has 1 unspecified atom stereocenters. The van der Waals surface area contributed by atoms with Crippen molar-refractivity contribution in [1.82, 2.24) is 15.1 Å². The summed E-state index contributed by atoms with van der Waals surface area (Å²) in [5.74, 6) is 2.58. The van der Waals surface area contributed by atoms with Crippen molar-refractivity contribution in [1.29, 1.82) is 0 Å². The van der Waals surface area contributed by atoms with Gasteiger partial charge >= 0.3 is 0 Å². The molecule has 2 heterocycles. The highest BCUT2D eigenvalue weighted by molar-refractivity contribution is 8.00. The molecular formula is C15H26N4S. The molecule has 0 spiro atoms. The van der Waals surface area contributed by atoms with Gasteiger partial charge in [0.15, 0.2) is 0 Å². The lowest BCUT2D eigenvalue weighted by Crippen LogP contribution is -2.39. The van der Waals surface area contributed by atoms with Crippen LogP contribution in [0.25, 0.3) is 0 Å². The fraction of sp³-hybridized carbons (Fsp3) is 0.800. The zero-order chi connectivity index (χ0) is 14.1. The van der Waals surface area contributed by atoms with E-state index in [1.807, 2.05) is 0 Å². The molecular weight excluding hydrogens is 268 g/mol. The number of rotatable bonds is 5. The lowest BCUT2D eigenvalue weighted by molar-refractivity contribution is 0.658. The molecule has 0 amide bonds. The Hall–Kier alpha value is -0.680. The molecule has 1 N–H and O–H groups in total. The van der Waals surface area contributed by atoms with Gasteiger partial charge in [-0.05, 0) is 26.2 Å². The van der Waals surface area contributed by atoms with E-state index in [2.05, 4.69) is 52.7 Å². The quantitative estimate of drug-likeness (QED) is 0.903. The molecule has 0 aromatic carbocycles. The van der Waals surface area contributed by atoms with Crippen molar-refractivity contribution in [2.45, 2.75) is 50.9 Å². The van der Waals surface area contributed by atoms with E-state index >= 15 is 0 Å². The minimum absolute atomic E-state index is 0.753. The Morgan fingerprint density at radius 3 is 2.90 bits per heavy atom. The Labute approximate surface area is 126 Å². The molecule has 1 aliphatic carbocycles. The van der Waals surface area contributed by atoms with Crippen LogP contribution in [0.5, 0.6) is 0 Å². The number of hydrogen-bond acceptors (Lipinski definition) is 4. The van der Waals surface area contributed by atoms with Gasteiger partial charge < -0.3 is 10.2 Å². The topological polar surface area (TPSA) is 33.1 Å². The van der Waals surface area contributed by atoms with E-state index in [0.29, 0.717) is 0 Å². The molecule has 0 radical (unpaired) electrons. The summed E-state index contributed by atoms with van der Waals surface area (Å²) in [5.41, 5.74) is 2.59. The highest BCUT2D eigenvalue weighted by Gasteiger charge is 2.26. The maximum absolute atomic E-state index is 4.66. The maximum atomic E-state index is 4.66. The van der Waals surface area contributed by atoms with Crippen LogP contribution in [0.2, 0.25) is 0 Å². The molecule has 3 rings (SSSR count). The normalized spacial score (nSPS) is 23.4. The second-order valence-electron chi connectivity index (χ2n) is 6.01. The molecule has 1 aromatic rings. The van der Waals surface area contributed by atoms with Crippen LogP contribution in [-0.4, -0.2) is 39.9 Å². The molecule has 0 bridgehead atoms. The van der Waals surface area contributed by atoms with Crippen LogP contribution in [0.3, 0.4) is 0 Å². The molecule has 5 heteroatoms. The summed E-state index contributed by atoms with van der Waals surface area (Å²) in [6, 6.07) is 0.753. The highest BCUT2D eigenvalue weighted by Crippen LogP contribution is 2.30. The average Bonchev–Trinajstić information content (AvgIpc) is 3.22. The van der Waals surface area contributed by atoms with Crippen LogP contribution in [0.1, 0.15) is 37.4 Å². The third-order valence-corrected chi connectivity index (χ3v) is 5.72. The summed E-state index contributed by atoms with van der Waals surface area (Å²) >= 11 is 2.12. The molecule has 1 aromatic heterocycles. The minimum atomic E-state index is 0.753. The Balaban J connectivity index is 1.79. The molecule has 2 fully saturated rings. The fourth-order valence-electron chi connectivity index (χ4n) is 2.98. The van der Waals surface area contributed by atoms with Crippen LogP contribution in [-0.2, 0) is 13.6 Å². The van der Waals surface area contributed by atoms with Gasteiger partial charge in [-0.3, -0.25) is 4.68 Å². The van der Waals surface area contributed by atoms with Crippen molar-refractivity contribution in [3.63, 3.8) is 0 Å². The molecule has 112 valence electrons. The lowest BCUT2D eigenvalue weighted by atomic mass is 10.2.